The predicted molar refractivity (Wildman–Crippen MR) is 87.2 cm³/mol. The van der Waals surface area contributed by atoms with Gasteiger partial charge in [0, 0.05) is 10.0 Å². The van der Waals surface area contributed by atoms with Crippen molar-refractivity contribution in [3.8, 4) is 0 Å². The van der Waals surface area contributed by atoms with Crippen LogP contribution in [0, 0.1) is 5.82 Å². The molecule has 0 aliphatic heterocycles. The largest absolute Gasteiger partial charge is 0.389 e. The molecule has 2 aromatic carbocycles. The fourth-order valence-electron chi connectivity index (χ4n) is 1.68. The molecule has 0 radical (unpaired) electrons. The zero-order valence-corrected chi connectivity index (χ0v) is 13.7. The van der Waals surface area contributed by atoms with Crippen LogP contribution < -0.4 is 10.5 Å². The number of halogens is 2. The Morgan fingerprint density at radius 3 is 2.52 bits per heavy atom. The summed E-state index contributed by atoms with van der Waals surface area (Å²) in [5.74, 6) is -0.694. The van der Waals surface area contributed by atoms with Crippen LogP contribution in [0.5, 0.6) is 0 Å². The van der Waals surface area contributed by atoms with Gasteiger partial charge in [-0.2, -0.15) is 0 Å². The molecular weight excluding hydrogens is 379 g/mol. The molecule has 3 N–H and O–H groups in total. The van der Waals surface area contributed by atoms with Crippen molar-refractivity contribution >= 4 is 48.8 Å². The van der Waals surface area contributed by atoms with Gasteiger partial charge in [-0.1, -0.05) is 46.3 Å². The van der Waals surface area contributed by atoms with E-state index in [1.807, 2.05) is 0 Å². The number of hydrogen-bond acceptors (Lipinski definition) is 3. The van der Waals surface area contributed by atoms with Crippen LogP contribution in [0.3, 0.4) is 0 Å². The number of thiocarbonyl (C=S) groups is 1. The summed E-state index contributed by atoms with van der Waals surface area (Å²) in [5.41, 5.74) is 5.56. The summed E-state index contributed by atoms with van der Waals surface area (Å²) in [6.45, 7) is 0. The minimum absolute atomic E-state index is 0.0488. The van der Waals surface area contributed by atoms with Gasteiger partial charge in [-0.15, -0.1) is 0 Å². The van der Waals surface area contributed by atoms with Gasteiger partial charge in [0.25, 0.3) is 10.0 Å². The van der Waals surface area contributed by atoms with E-state index in [4.69, 9.17) is 18.0 Å². The lowest BCUT2D eigenvalue weighted by Crippen LogP contribution is -2.20. The number of sulfonamides is 1. The fraction of sp³-hybridized carbons (Fsp3) is 0. The summed E-state index contributed by atoms with van der Waals surface area (Å²) >= 11 is 7.93. The van der Waals surface area contributed by atoms with E-state index in [1.54, 1.807) is 6.07 Å². The third kappa shape index (κ3) is 3.58. The predicted octanol–water partition coefficient (Wildman–Crippen LogP) is 3.02. The van der Waals surface area contributed by atoms with E-state index in [2.05, 4.69) is 20.7 Å². The molecule has 0 atom stereocenters. The van der Waals surface area contributed by atoms with E-state index in [1.165, 1.54) is 30.3 Å². The maximum atomic E-state index is 13.7. The topological polar surface area (TPSA) is 72.2 Å². The molecule has 21 heavy (non-hydrogen) atoms. The Labute approximate surface area is 135 Å². The average molecular weight is 389 g/mol. The number of nitrogens with two attached hydrogens (primary N) is 1. The summed E-state index contributed by atoms with van der Waals surface area (Å²) in [6, 6.07) is 10.0. The Bertz CT molecular complexity index is 810. The molecule has 8 heteroatoms. The van der Waals surface area contributed by atoms with E-state index in [-0.39, 0.29) is 21.1 Å². The number of anilines is 1. The normalized spacial score (nSPS) is 11.1. The van der Waals surface area contributed by atoms with Gasteiger partial charge in [0.1, 0.15) is 10.8 Å². The van der Waals surface area contributed by atoms with Gasteiger partial charge in [-0.3, -0.25) is 4.72 Å². The molecule has 0 aliphatic carbocycles. The van der Waals surface area contributed by atoms with Gasteiger partial charge < -0.3 is 5.73 Å². The lowest BCUT2D eigenvalue weighted by molar-refractivity contribution is 0.598. The van der Waals surface area contributed by atoms with Crippen molar-refractivity contribution in [3.63, 3.8) is 0 Å². The van der Waals surface area contributed by atoms with Gasteiger partial charge in [-0.25, -0.2) is 12.8 Å². The maximum absolute atomic E-state index is 13.7. The van der Waals surface area contributed by atoms with Crippen LogP contribution in [0.1, 0.15) is 5.56 Å². The lowest BCUT2D eigenvalue weighted by Gasteiger charge is -2.12. The molecule has 0 spiro atoms. The minimum atomic E-state index is -4.00. The molecular formula is C13H10BrFN2O2S2. The lowest BCUT2D eigenvalue weighted by atomic mass is 10.2. The van der Waals surface area contributed by atoms with Crippen LogP contribution in [0.2, 0.25) is 0 Å². The molecule has 2 rings (SSSR count). The second-order valence-corrected chi connectivity index (χ2v) is 7.10. The van der Waals surface area contributed by atoms with Crippen molar-refractivity contribution in [3.05, 3.63) is 58.3 Å². The number of hydrogen-bond donors (Lipinski definition) is 2. The Balaban J connectivity index is 2.46. The van der Waals surface area contributed by atoms with Crippen molar-refractivity contribution in [1.29, 1.82) is 0 Å². The number of rotatable bonds is 4. The summed E-state index contributed by atoms with van der Waals surface area (Å²) in [7, 11) is -4.00. The maximum Gasteiger partial charge on any atom is 0.262 e. The van der Waals surface area contributed by atoms with Crippen LogP contribution in [-0.2, 0) is 10.0 Å². The second kappa shape index (κ2) is 6.08. The number of nitrogens with one attached hydrogen (secondary N) is 1. The fourth-order valence-corrected chi connectivity index (χ4v) is 3.54. The highest BCUT2D eigenvalue weighted by molar-refractivity contribution is 9.10. The van der Waals surface area contributed by atoms with Crippen LogP contribution in [0.15, 0.2) is 51.8 Å². The first-order chi connectivity index (χ1) is 9.81. The van der Waals surface area contributed by atoms with Crippen molar-refractivity contribution < 1.29 is 12.8 Å². The third-order valence-corrected chi connectivity index (χ3v) is 4.75. The van der Waals surface area contributed by atoms with E-state index in [0.717, 1.165) is 6.07 Å². The average Bonchev–Trinajstić information content (AvgIpc) is 2.42. The highest BCUT2D eigenvalue weighted by atomic mass is 79.9. The Kier molecular flexibility index (Phi) is 4.60. The smallest absolute Gasteiger partial charge is 0.262 e. The highest BCUT2D eigenvalue weighted by Gasteiger charge is 2.20. The van der Waals surface area contributed by atoms with Gasteiger partial charge in [0.15, 0.2) is 0 Å². The van der Waals surface area contributed by atoms with Crippen molar-refractivity contribution in [2.24, 2.45) is 5.73 Å². The van der Waals surface area contributed by atoms with Crippen LogP contribution in [0.4, 0.5) is 10.1 Å². The zero-order chi connectivity index (χ0) is 15.6. The van der Waals surface area contributed by atoms with Crippen LogP contribution in [-0.4, -0.2) is 13.4 Å². The van der Waals surface area contributed by atoms with Gasteiger partial charge in [0.05, 0.1) is 10.6 Å². The van der Waals surface area contributed by atoms with Gasteiger partial charge in [0.2, 0.25) is 0 Å². The molecule has 110 valence electrons. The minimum Gasteiger partial charge on any atom is -0.389 e. The van der Waals surface area contributed by atoms with Crippen molar-refractivity contribution in [1.82, 2.24) is 0 Å². The summed E-state index contributed by atoms with van der Waals surface area (Å²) in [5, 5.41) is 0. The zero-order valence-electron chi connectivity index (χ0n) is 10.5. The molecule has 0 amide bonds. The first-order valence-corrected chi connectivity index (χ1v) is 8.36. The van der Waals surface area contributed by atoms with E-state index < -0.39 is 15.8 Å². The van der Waals surface area contributed by atoms with Crippen LogP contribution >= 0.6 is 28.1 Å². The summed E-state index contributed by atoms with van der Waals surface area (Å²) in [6.07, 6.45) is 0. The molecule has 4 nitrogen and oxygen atoms in total. The molecule has 0 aliphatic rings. The molecule has 0 heterocycles. The molecule has 0 fully saturated rings. The van der Waals surface area contributed by atoms with Gasteiger partial charge >= 0.3 is 0 Å². The van der Waals surface area contributed by atoms with E-state index in [0.29, 0.717) is 4.47 Å². The first kappa shape index (κ1) is 15.9. The first-order valence-electron chi connectivity index (χ1n) is 5.68. The number of benzene rings is 2. The van der Waals surface area contributed by atoms with E-state index in [9.17, 15) is 12.8 Å². The van der Waals surface area contributed by atoms with Gasteiger partial charge in [-0.05, 0) is 24.3 Å². The molecule has 0 bridgehead atoms. The Morgan fingerprint density at radius 1 is 1.24 bits per heavy atom. The molecule has 2 aromatic rings. The summed E-state index contributed by atoms with van der Waals surface area (Å²) < 4.78 is 41.2. The van der Waals surface area contributed by atoms with Crippen molar-refractivity contribution in [2.75, 3.05) is 4.72 Å². The SMILES string of the molecule is NC(=S)c1ccccc1S(=O)(=O)Nc1ccc(Br)cc1F. The molecule has 0 saturated carbocycles. The van der Waals surface area contributed by atoms with Crippen molar-refractivity contribution in [2.45, 2.75) is 4.90 Å². The quantitative estimate of drug-likeness (QED) is 0.789. The second-order valence-electron chi connectivity index (χ2n) is 4.09. The van der Waals surface area contributed by atoms with Crippen LogP contribution in [0.25, 0.3) is 0 Å². The standard InChI is InChI=1S/C13H10BrFN2O2S2/c14-8-5-6-11(10(15)7-8)17-21(18,19)12-4-2-1-3-9(12)13(16)20/h1-7,17H,(H2,16,20). The molecule has 0 saturated heterocycles. The highest BCUT2D eigenvalue weighted by Crippen LogP contribution is 2.24. The monoisotopic (exact) mass is 388 g/mol. The van der Waals surface area contributed by atoms with E-state index >= 15 is 0 Å². The Morgan fingerprint density at radius 2 is 1.90 bits per heavy atom. The third-order valence-electron chi connectivity index (χ3n) is 2.62. The molecule has 0 unspecified atom stereocenters. The molecule has 0 aromatic heterocycles. The Hall–Kier alpha value is -1.51. The summed E-state index contributed by atoms with van der Waals surface area (Å²) in [4.78, 5) is -0.146.